The molecule has 0 saturated carbocycles. The lowest BCUT2D eigenvalue weighted by Gasteiger charge is -2.12. The number of anilines is 1. The van der Waals surface area contributed by atoms with E-state index < -0.39 is 4.92 Å². The molecule has 0 fully saturated rings. The minimum Gasteiger partial charge on any atom is -0.489 e. The van der Waals surface area contributed by atoms with E-state index in [1.54, 1.807) is 6.07 Å². The highest BCUT2D eigenvalue weighted by Gasteiger charge is 2.11. The maximum Gasteiger partial charge on any atom is 0.273 e. The molecule has 1 aromatic carbocycles. The fraction of sp³-hybridized carbons (Fsp3) is 0.667. The molecule has 0 bridgehead atoms. The minimum atomic E-state index is -0.451. The number of non-ortho nitro benzene ring substituents is 1. The Morgan fingerprint density at radius 2 is 1.46 bits per heavy atom. The predicted octanol–water partition coefficient (Wildman–Crippen LogP) is 2.71. The average molecular weight is 421 g/mol. The third-order valence-electron chi connectivity index (χ3n) is 3.37. The summed E-state index contributed by atoms with van der Waals surface area (Å²) in [7, 11) is 0. The highest BCUT2D eigenvalue weighted by atomic mass is 35.5. The van der Waals surface area contributed by atoms with E-state index in [9.17, 15) is 10.1 Å². The maximum absolute atomic E-state index is 10.9. The number of nitro groups is 1. The first kappa shape index (κ1) is 24.4. The Labute approximate surface area is 170 Å². The standard InChI is InChI=1S/C18H29ClN2O7/c1-2-20-17-4-3-16(21(22)23)15-18(17)28-14-13-27-12-11-26-10-9-25-8-7-24-6-5-19/h3-4,15,20H,2,5-14H2,1H3. The number of nitrogens with one attached hydrogen (secondary N) is 1. The lowest BCUT2D eigenvalue weighted by molar-refractivity contribution is -0.384. The normalized spacial score (nSPS) is 10.8. The molecule has 0 amide bonds. The van der Waals surface area contributed by atoms with Crippen LogP contribution in [0.4, 0.5) is 11.4 Å². The lowest BCUT2D eigenvalue weighted by atomic mass is 10.2. The Balaban J connectivity index is 2.07. The van der Waals surface area contributed by atoms with Gasteiger partial charge >= 0.3 is 0 Å². The largest absolute Gasteiger partial charge is 0.489 e. The molecular formula is C18H29ClN2O7. The molecule has 160 valence electrons. The summed E-state index contributed by atoms with van der Waals surface area (Å²) in [5.41, 5.74) is 0.697. The fourth-order valence-electron chi connectivity index (χ4n) is 2.11. The Morgan fingerprint density at radius 1 is 0.929 bits per heavy atom. The zero-order valence-electron chi connectivity index (χ0n) is 16.2. The van der Waals surface area contributed by atoms with Crippen LogP contribution in [-0.4, -0.2) is 76.8 Å². The van der Waals surface area contributed by atoms with Crippen LogP contribution in [0.15, 0.2) is 18.2 Å². The van der Waals surface area contributed by atoms with Crippen molar-refractivity contribution in [2.45, 2.75) is 6.92 Å². The summed E-state index contributed by atoms with van der Waals surface area (Å²) in [6.07, 6.45) is 0. The molecule has 0 unspecified atom stereocenters. The van der Waals surface area contributed by atoms with E-state index in [0.29, 0.717) is 76.7 Å². The second kappa shape index (κ2) is 16.3. The van der Waals surface area contributed by atoms with Gasteiger partial charge in [-0.3, -0.25) is 10.1 Å². The molecule has 0 spiro atoms. The van der Waals surface area contributed by atoms with E-state index in [0.717, 1.165) is 0 Å². The van der Waals surface area contributed by atoms with Gasteiger partial charge in [0.1, 0.15) is 12.4 Å². The van der Waals surface area contributed by atoms with Gasteiger partial charge in [-0.2, -0.15) is 0 Å². The number of benzene rings is 1. The molecule has 1 aromatic rings. The third kappa shape index (κ3) is 11.3. The van der Waals surface area contributed by atoms with Gasteiger partial charge in [0.2, 0.25) is 0 Å². The second-order valence-corrected chi connectivity index (χ2v) is 5.83. The van der Waals surface area contributed by atoms with Gasteiger partial charge in [-0.05, 0) is 13.0 Å². The van der Waals surface area contributed by atoms with Gasteiger partial charge in [0.25, 0.3) is 5.69 Å². The molecule has 0 aromatic heterocycles. The summed E-state index contributed by atoms with van der Waals surface area (Å²) in [5, 5.41) is 14.0. The van der Waals surface area contributed by atoms with E-state index in [1.165, 1.54) is 12.1 Å². The van der Waals surface area contributed by atoms with E-state index in [2.05, 4.69) is 5.32 Å². The fourth-order valence-corrected chi connectivity index (χ4v) is 2.22. The topological polar surface area (TPSA) is 101 Å². The van der Waals surface area contributed by atoms with E-state index in [-0.39, 0.29) is 12.3 Å². The Hall–Kier alpha value is -1.65. The molecule has 0 atom stereocenters. The lowest BCUT2D eigenvalue weighted by Crippen LogP contribution is -2.14. The SMILES string of the molecule is CCNc1ccc([N+](=O)[O-])cc1OCCOCCOCCOCCOCCCl. The van der Waals surface area contributed by atoms with E-state index in [1.807, 2.05) is 6.92 Å². The van der Waals surface area contributed by atoms with Crippen LogP contribution in [0.3, 0.4) is 0 Å². The Morgan fingerprint density at radius 3 is 1.96 bits per heavy atom. The van der Waals surface area contributed by atoms with Crippen molar-refractivity contribution in [3.63, 3.8) is 0 Å². The van der Waals surface area contributed by atoms with Crippen molar-refractivity contribution in [1.29, 1.82) is 0 Å². The van der Waals surface area contributed by atoms with Gasteiger partial charge in [0, 0.05) is 18.5 Å². The van der Waals surface area contributed by atoms with Crippen molar-refractivity contribution in [2.75, 3.05) is 77.2 Å². The molecule has 1 rings (SSSR count). The number of ether oxygens (including phenoxy) is 5. The van der Waals surface area contributed by atoms with Crippen molar-refractivity contribution in [2.24, 2.45) is 0 Å². The molecule has 0 radical (unpaired) electrons. The van der Waals surface area contributed by atoms with Gasteiger partial charge in [-0.1, -0.05) is 0 Å². The summed E-state index contributed by atoms with van der Waals surface area (Å²) in [6.45, 7) is 6.68. The van der Waals surface area contributed by atoms with Crippen molar-refractivity contribution >= 4 is 23.0 Å². The molecule has 1 N–H and O–H groups in total. The number of nitrogens with zero attached hydrogens (tertiary/aromatic N) is 1. The monoisotopic (exact) mass is 420 g/mol. The number of rotatable bonds is 18. The summed E-state index contributed by atoms with van der Waals surface area (Å²) >= 11 is 5.48. The quantitative estimate of drug-likeness (QED) is 0.167. The van der Waals surface area contributed by atoms with Gasteiger partial charge in [-0.25, -0.2) is 0 Å². The highest BCUT2D eigenvalue weighted by Crippen LogP contribution is 2.29. The molecule has 9 nitrogen and oxygen atoms in total. The summed E-state index contributed by atoms with van der Waals surface area (Å²) in [5.74, 6) is 0.916. The van der Waals surface area contributed by atoms with Crippen molar-refractivity contribution < 1.29 is 28.6 Å². The second-order valence-electron chi connectivity index (χ2n) is 5.45. The molecule has 10 heteroatoms. The Kier molecular flexibility index (Phi) is 14.2. The van der Waals surface area contributed by atoms with Gasteiger partial charge in [0.15, 0.2) is 0 Å². The molecule has 0 aliphatic rings. The number of nitro benzene ring substituents is 1. The molecule has 0 aliphatic carbocycles. The molecule has 0 heterocycles. The first-order valence-corrected chi connectivity index (χ1v) is 9.74. The van der Waals surface area contributed by atoms with Gasteiger partial charge < -0.3 is 29.0 Å². The Bertz CT molecular complexity index is 549. The van der Waals surface area contributed by atoms with E-state index >= 15 is 0 Å². The first-order chi connectivity index (χ1) is 13.7. The zero-order valence-corrected chi connectivity index (χ0v) is 16.9. The number of alkyl halides is 1. The van der Waals surface area contributed by atoms with E-state index in [4.69, 9.17) is 35.3 Å². The van der Waals surface area contributed by atoms with Crippen LogP contribution < -0.4 is 10.1 Å². The third-order valence-corrected chi connectivity index (χ3v) is 3.52. The van der Waals surface area contributed by atoms with Gasteiger partial charge in [0.05, 0.1) is 69.5 Å². The summed E-state index contributed by atoms with van der Waals surface area (Å²) in [6, 6.07) is 4.48. The average Bonchev–Trinajstić information content (AvgIpc) is 2.69. The van der Waals surface area contributed by atoms with Crippen LogP contribution in [0.5, 0.6) is 5.75 Å². The van der Waals surface area contributed by atoms with Crippen LogP contribution in [-0.2, 0) is 18.9 Å². The molecule has 28 heavy (non-hydrogen) atoms. The highest BCUT2D eigenvalue weighted by molar-refractivity contribution is 6.17. The summed E-state index contributed by atoms with van der Waals surface area (Å²) in [4.78, 5) is 10.4. The van der Waals surface area contributed by atoms with Crippen LogP contribution in [0.1, 0.15) is 6.92 Å². The van der Waals surface area contributed by atoms with Crippen molar-refractivity contribution in [3.05, 3.63) is 28.3 Å². The molecule has 0 aliphatic heterocycles. The van der Waals surface area contributed by atoms with Crippen molar-refractivity contribution in [1.82, 2.24) is 0 Å². The first-order valence-electron chi connectivity index (χ1n) is 9.21. The van der Waals surface area contributed by atoms with Crippen LogP contribution in [0.2, 0.25) is 0 Å². The minimum absolute atomic E-state index is 0.0150. The smallest absolute Gasteiger partial charge is 0.273 e. The maximum atomic E-state index is 10.9. The van der Waals surface area contributed by atoms with Crippen LogP contribution in [0, 0.1) is 10.1 Å². The predicted molar refractivity (Wildman–Crippen MR) is 107 cm³/mol. The zero-order chi connectivity index (χ0) is 20.5. The number of hydrogen-bond acceptors (Lipinski definition) is 8. The molecule has 0 saturated heterocycles. The van der Waals surface area contributed by atoms with Gasteiger partial charge in [-0.15, -0.1) is 11.6 Å². The van der Waals surface area contributed by atoms with Crippen molar-refractivity contribution in [3.8, 4) is 5.75 Å². The molecular weight excluding hydrogens is 392 g/mol. The number of halogens is 1. The van der Waals surface area contributed by atoms with Crippen LogP contribution >= 0.6 is 11.6 Å². The number of hydrogen-bond donors (Lipinski definition) is 1. The summed E-state index contributed by atoms with van der Waals surface area (Å²) < 4.78 is 26.9. The van der Waals surface area contributed by atoms with Crippen LogP contribution in [0.25, 0.3) is 0 Å².